The lowest BCUT2D eigenvalue weighted by atomic mass is 10.4. The van der Waals surface area contributed by atoms with E-state index in [1.54, 1.807) is 18.5 Å². The smallest absolute Gasteiger partial charge is 0.0810 e. The minimum absolute atomic E-state index is 0.829. The normalized spacial score (nSPS) is 9.00. The number of aromatic nitrogens is 2. The van der Waals surface area contributed by atoms with Crippen molar-refractivity contribution in [2.24, 2.45) is 0 Å². The summed E-state index contributed by atoms with van der Waals surface area (Å²) in [4.78, 5) is 8.03. The van der Waals surface area contributed by atoms with Crippen molar-refractivity contribution < 1.29 is 0 Å². The van der Waals surface area contributed by atoms with E-state index < -0.39 is 0 Å². The summed E-state index contributed by atoms with van der Waals surface area (Å²) in [5.41, 5.74) is 1.75. The molecule has 0 bridgehead atoms. The second kappa shape index (κ2) is 2.40. The Kier molecular flexibility index (Phi) is 1.58. The first-order chi connectivity index (χ1) is 4.33. The van der Waals surface area contributed by atoms with E-state index in [9.17, 15) is 0 Å². The van der Waals surface area contributed by atoms with Gasteiger partial charge in [0.2, 0.25) is 0 Å². The van der Waals surface area contributed by atoms with Gasteiger partial charge in [-0.3, -0.25) is 9.97 Å². The zero-order valence-corrected chi connectivity index (χ0v) is 5.33. The molecule has 2 heteroatoms. The van der Waals surface area contributed by atoms with Crippen LogP contribution in [0.25, 0.3) is 6.08 Å². The summed E-state index contributed by atoms with van der Waals surface area (Å²) in [7, 11) is 0. The molecule has 0 aliphatic heterocycles. The van der Waals surface area contributed by atoms with E-state index >= 15 is 0 Å². The van der Waals surface area contributed by atoms with E-state index in [2.05, 4.69) is 16.5 Å². The molecule has 46 valence electrons. The molecule has 0 N–H and O–H groups in total. The quantitative estimate of drug-likeness (QED) is 0.560. The van der Waals surface area contributed by atoms with Crippen LogP contribution in [0.1, 0.15) is 11.4 Å². The fourth-order valence-electron chi connectivity index (χ4n) is 0.581. The molecule has 0 fully saturated rings. The number of hydrogen-bond donors (Lipinski definition) is 0. The van der Waals surface area contributed by atoms with Gasteiger partial charge in [-0.1, -0.05) is 6.58 Å². The van der Waals surface area contributed by atoms with Crippen LogP contribution in [0.3, 0.4) is 0 Å². The molecule has 0 amide bonds. The van der Waals surface area contributed by atoms with Gasteiger partial charge in [0.1, 0.15) is 0 Å². The van der Waals surface area contributed by atoms with Gasteiger partial charge in [-0.15, -0.1) is 0 Å². The minimum Gasteiger partial charge on any atom is -0.261 e. The van der Waals surface area contributed by atoms with Crippen LogP contribution in [0.15, 0.2) is 19.0 Å². The lowest BCUT2D eigenvalue weighted by molar-refractivity contribution is 1.10. The third-order valence-corrected chi connectivity index (χ3v) is 0.983. The minimum atomic E-state index is 0.829. The molecule has 1 aromatic heterocycles. The van der Waals surface area contributed by atoms with E-state index in [-0.39, 0.29) is 0 Å². The van der Waals surface area contributed by atoms with Gasteiger partial charge in [-0.05, 0) is 13.0 Å². The second-order valence-electron chi connectivity index (χ2n) is 1.79. The van der Waals surface area contributed by atoms with Crippen molar-refractivity contribution in [1.29, 1.82) is 0 Å². The van der Waals surface area contributed by atoms with Gasteiger partial charge in [0.25, 0.3) is 0 Å². The molecule has 0 aliphatic rings. The molecule has 9 heavy (non-hydrogen) atoms. The predicted octanol–water partition coefficient (Wildman–Crippen LogP) is 1.43. The first kappa shape index (κ1) is 5.95. The summed E-state index contributed by atoms with van der Waals surface area (Å²) in [6, 6.07) is 0. The molecule has 1 heterocycles. The number of nitrogens with zero attached hydrogens (tertiary/aromatic N) is 2. The highest BCUT2D eigenvalue weighted by Gasteiger charge is 1.86. The first-order valence-corrected chi connectivity index (χ1v) is 2.74. The molecule has 0 spiro atoms. The van der Waals surface area contributed by atoms with Crippen LogP contribution in [0.4, 0.5) is 0 Å². The standard InChI is InChI=1S/C7H8N2/c1-3-7-5-8-4-6(2)9-7/h3-5H,1H2,2H3. The van der Waals surface area contributed by atoms with Gasteiger partial charge in [-0.25, -0.2) is 0 Å². The average molecular weight is 120 g/mol. The van der Waals surface area contributed by atoms with Gasteiger partial charge in [-0.2, -0.15) is 0 Å². The average Bonchev–Trinajstić information content (AvgIpc) is 1.88. The Labute approximate surface area is 54.3 Å². The summed E-state index contributed by atoms with van der Waals surface area (Å²) >= 11 is 0. The van der Waals surface area contributed by atoms with Gasteiger partial charge >= 0.3 is 0 Å². The molecule has 0 unspecified atom stereocenters. The first-order valence-electron chi connectivity index (χ1n) is 2.74. The van der Waals surface area contributed by atoms with E-state index in [0.29, 0.717) is 0 Å². The van der Waals surface area contributed by atoms with Crippen LogP contribution in [0.5, 0.6) is 0 Å². The Bertz CT molecular complexity index is 218. The Balaban J connectivity index is 3.07. The Morgan fingerprint density at radius 1 is 1.56 bits per heavy atom. The predicted molar refractivity (Wildman–Crippen MR) is 36.9 cm³/mol. The van der Waals surface area contributed by atoms with Crippen molar-refractivity contribution in [1.82, 2.24) is 9.97 Å². The molecule has 0 aliphatic carbocycles. The van der Waals surface area contributed by atoms with Crippen molar-refractivity contribution in [2.75, 3.05) is 0 Å². The van der Waals surface area contributed by atoms with Crippen LogP contribution < -0.4 is 0 Å². The summed E-state index contributed by atoms with van der Waals surface area (Å²) < 4.78 is 0. The molecule has 2 nitrogen and oxygen atoms in total. The maximum absolute atomic E-state index is 4.11. The summed E-state index contributed by atoms with van der Waals surface area (Å²) in [6.45, 7) is 5.47. The lowest BCUT2D eigenvalue weighted by Gasteiger charge is -1.90. The largest absolute Gasteiger partial charge is 0.261 e. The molecule has 0 saturated heterocycles. The van der Waals surface area contributed by atoms with Crippen LogP contribution in [0.2, 0.25) is 0 Å². The fourth-order valence-corrected chi connectivity index (χ4v) is 0.581. The van der Waals surface area contributed by atoms with E-state index in [1.807, 2.05) is 6.92 Å². The van der Waals surface area contributed by atoms with Crippen molar-refractivity contribution >= 4 is 6.08 Å². The van der Waals surface area contributed by atoms with E-state index in [1.165, 1.54) is 0 Å². The van der Waals surface area contributed by atoms with Crippen molar-refractivity contribution in [2.45, 2.75) is 6.92 Å². The SMILES string of the molecule is C=Cc1cncc(C)n1. The lowest BCUT2D eigenvalue weighted by Crippen LogP contribution is -1.85. The van der Waals surface area contributed by atoms with Crippen molar-refractivity contribution in [3.8, 4) is 0 Å². The summed E-state index contributed by atoms with van der Waals surface area (Å²) in [6.07, 6.45) is 5.08. The third kappa shape index (κ3) is 1.35. The topological polar surface area (TPSA) is 25.8 Å². The molecule has 0 saturated carbocycles. The number of aryl methyl sites for hydroxylation is 1. The van der Waals surface area contributed by atoms with E-state index in [0.717, 1.165) is 11.4 Å². The van der Waals surface area contributed by atoms with Crippen molar-refractivity contribution in [3.05, 3.63) is 30.4 Å². The maximum Gasteiger partial charge on any atom is 0.0810 e. The summed E-state index contributed by atoms with van der Waals surface area (Å²) in [5.74, 6) is 0. The van der Waals surface area contributed by atoms with Crippen LogP contribution >= 0.6 is 0 Å². The third-order valence-electron chi connectivity index (χ3n) is 0.983. The summed E-state index contributed by atoms with van der Waals surface area (Å²) in [5, 5.41) is 0. The zero-order chi connectivity index (χ0) is 6.69. The maximum atomic E-state index is 4.11. The fraction of sp³-hybridized carbons (Fsp3) is 0.143. The highest BCUT2D eigenvalue weighted by atomic mass is 14.8. The second-order valence-corrected chi connectivity index (χ2v) is 1.79. The van der Waals surface area contributed by atoms with E-state index in [4.69, 9.17) is 0 Å². The Morgan fingerprint density at radius 3 is 2.78 bits per heavy atom. The van der Waals surface area contributed by atoms with Gasteiger partial charge in [0.15, 0.2) is 0 Å². The zero-order valence-electron chi connectivity index (χ0n) is 5.33. The van der Waals surface area contributed by atoms with Gasteiger partial charge in [0.05, 0.1) is 17.6 Å². The van der Waals surface area contributed by atoms with Crippen LogP contribution in [-0.2, 0) is 0 Å². The van der Waals surface area contributed by atoms with Crippen molar-refractivity contribution in [3.63, 3.8) is 0 Å². The monoisotopic (exact) mass is 120 g/mol. The highest BCUT2D eigenvalue weighted by molar-refractivity contribution is 5.39. The molecular formula is C7H8N2. The Morgan fingerprint density at radius 2 is 2.33 bits per heavy atom. The molecule has 0 radical (unpaired) electrons. The van der Waals surface area contributed by atoms with Crippen LogP contribution in [0, 0.1) is 6.92 Å². The van der Waals surface area contributed by atoms with Crippen LogP contribution in [-0.4, -0.2) is 9.97 Å². The molecule has 1 aromatic rings. The van der Waals surface area contributed by atoms with Gasteiger partial charge in [0, 0.05) is 6.20 Å². The molecular weight excluding hydrogens is 112 g/mol. The van der Waals surface area contributed by atoms with Gasteiger partial charge < -0.3 is 0 Å². The molecule has 0 atom stereocenters. The number of rotatable bonds is 1. The molecule has 0 aromatic carbocycles. The number of hydrogen-bond acceptors (Lipinski definition) is 2. The Hall–Kier alpha value is -1.18. The molecule has 1 rings (SSSR count). The highest BCUT2D eigenvalue weighted by Crippen LogP contribution is 1.94.